The molecule has 2 bridgehead atoms. The topological polar surface area (TPSA) is 26.3 Å². The molecule has 3 rings (SSSR count). The van der Waals surface area contributed by atoms with Crippen LogP contribution in [-0.4, -0.2) is 18.5 Å². The number of Topliss-reactive ketones (excluding diaryl/α,β-unsaturated/α-hetero) is 1. The summed E-state index contributed by atoms with van der Waals surface area (Å²) < 4.78 is 5.52. The van der Waals surface area contributed by atoms with E-state index in [2.05, 4.69) is 19.1 Å². The van der Waals surface area contributed by atoms with Gasteiger partial charge in [0.15, 0.2) is 0 Å². The van der Waals surface area contributed by atoms with Crippen molar-refractivity contribution in [2.24, 2.45) is 11.3 Å². The molecule has 0 aromatic heterocycles. The van der Waals surface area contributed by atoms with Gasteiger partial charge in [-0.15, -0.1) is 0 Å². The van der Waals surface area contributed by atoms with Gasteiger partial charge in [0, 0.05) is 24.9 Å². The highest BCUT2D eigenvalue weighted by molar-refractivity contribution is 5.89. The molecule has 2 nitrogen and oxygen atoms in total. The van der Waals surface area contributed by atoms with Gasteiger partial charge in [0.1, 0.15) is 5.78 Å². The maximum absolute atomic E-state index is 11.7. The number of carbonyl (C=O) groups is 1. The van der Waals surface area contributed by atoms with Crippen LogP contribution in [0.15, 0.2) is 12.2 Å². The summed E-state index contributed by atoms with van der Waals surface area (Å²) in [5, 5.41) is 0. The minimum Gasteiger partial charge on any atom is -0.378 e. The summed E-state index contributed by atoms with van der Waals surface area (Å²) >= 11 is 0. The maximum Gasteiger partial charge on any atom is 0.143 e. The number of ether oxygens (including phenoxy) is 1. The minimum atomic E-state index is -0.264. The van der Waals surface area contributed by atoms with E-state index in [4.69, 9.17) is 4.74 Å². The van der Waals surface area contributed by atoms with Crippen LogP contribution in [0, 0.1) is 11.3 Å². The van der Waals surface area contributed by atoms with Gasteiger partial charge in [-0.2, -0.15) is 0 Å². The van der Waals surface area contributed by atoms with Crippen LogP contribution in [0.5, 0.6) is 0 Å². The largest absolute Gasteiger partial charge is 0.378 e. The Morgan fingerprint density at radius 2 is 2.23 bits per heavy atom. The number of rotatable bonds is 1. The number of methoxy groups -OCH3 is 1. The van der Waals surface area contributed by atoms with Crippen LogP contribution in [0.2, 0.25) is 0 Å². The summed E-state index contributed by atoms with van der Waals surface area (Å²) in [6.07, 6.45) is 5.69. The zero-order valence-electron chi connectivity index (χ0n) is 8.46. The van der Waals surface area contributed by atoms with Gasteiger partial charge in [0.25, 0.3) is 0 Å². The van der Waals surface area contributed by atoms with Crippen molar-refractivity contribution >= 4 is 5.78 Å². The monoisotopic (exact) mass is 180 g/mol. The third kappa shape index (κ3) is 1.08. The van der Waals surface area contributed by atoms with Crippen molar-refractivity contribution in [2.75, 3.05) is 7.11 Å². The summed E-state index contributed by atoms with van der Waals surface area (Å²) in [6.45, 7) is 4.12. The molecule has 3 aliphatic carbocycles. The van der Waals surface area contributed by atoms with Crippen molar-refractivity contribution in [3.63, 3.8) is 0 Å². The first-order chi connectivity index (χ1) is 6.00. The standard InChI is InChI=1S/C11H16O2/c1-10-5-4-8(6-9(10)12)11(2,7-10)13-3/h4-5,8H,6-7H2,1-3H3/t8-,10-,11+/m1/s1. The molecule has 0 amide bonds. The Morgan fingerprint density at radius 3 is 2.69 bits per heavy atom. The molecule has 0 aliphatic heterocycles. The summed E-state index contributed by atoms with van der Waals surface area (Å²) in [5.41, 5.74) is -0.392. The number of carbonyl (C=O) groups excluding carboxylic acids is 1. The molecule has 3 atom stereocenters. The van der Waals surface area contributed by atoms with Gasteiger partial charge >= 0.3 is 0 Å². The van der Waals surface area contributed by atoms with Crippen molar-refractivity contribution in [2.45, 2.75) is 32.3 Å². The van der Waals surface area contributed by atoms with E-state index in [1.807, 2.05) is 6.92 Å². The highest BCUT2D eigenvalue weighted by Gasteiger charge is 2.51. The molecule has 0 spiro atoms. The molecular formula is C11H16O2. The molecule has 0 aromatic rings. The molecule has 2 heteroatoms. The van der Waals surface area contributed by atoms with Gasteiger partial charge in [0.05, 0.1) is 5.60 Å². The first-order valence-electron chi connectivity index (χ1n) is 4.78. The Hall–Kier alpha value is -0.630. The number of ketones is 1. The molecule has 0 saturated heterocycles. The lowest BCUT2D eigenvalue weighted by molar-refractivity contribution is -0.145. The molecule has 3 aliphatic rings. The van der Waals surface area contributed by atoms with Crippen molar-refractivity contribution in [3.05, 3.63) is 12.2 Å². The van der Waals surface area contributed by atoms with E-state index < -0.39 is 0 Å². The fraction of sp³-hybridized carbons (Fsp3) is 0.727. The molecule has 0 unspecified atom stereocenters. The number of hydrogen-bond acceptors (Lipinski definition) is 2. The summed E-state index contributed by atoms with van der Waals surface area (Å²) in [5.74, 6) is 0.654. The van der Waals surface area contributed by atoms with Gasteiger partial charge in [-0.3, -0.25) is 4.79 Å². The van der Waals surface area contributed by atoms with E-state index in [9.17, 15) is 4.79 Å². The van der Waals surface area contributed by atoms with Crippen LogP contribution >= 0.6 is 0 Å². The highest BCUT2D eigenvalue weighted by atomic mass is 16.5. The predicted molar refractivity (Wildman–Crippen MR) is 50.4 cm³/mol. The number of fused-ring (bicyclic) bond motifs is 2. The van der Waals surface area contributed by atoms with Crippen LogP contribution in [0.4, 0.5) is 0 Å². The molecule has 0 aromatic carbocycles. The Balaban J connectivity index is 2.39. The number of allylic oxidation sites excluding steroid dienone is 1. The zero-order valence-corrected chi connectivity index (χ0v) is 8.46. The lowest BCUT2D eigenvalue weighted by atomic mass is 9.59. The normalized spacial score (nSPS) is 48.5. The molecule has 1 saturated carbocycles. The van der Waals surface area contributed by atoms with E-state index in [0.717, 1.165) is 6.42 Å². The van der Waals surface area contributed by atoms with E-state index in [1.54, 1.807) is 7.11 Å². The van der Waals surface area contributed by atoms with Crippen LogP contribution < -0.4 is 0 Å². The zero-order chi connectivity index (χ0) is 9.69. The lowest BCUT2D eigenvalue weighted by Crippen LogP contribution is -2.52. The van der Waals surface area contributed by atoms with Crippen molar-refractivity contribution in [3.8, 4) is 0 Å². The Bertz CT molecular complexity index is 282. The van der Waals surface area contributed by atoms with E-state index >= 15 is 0 Å². The molecule has 0 heterocycles. The van der Waals surface area contributed by atoms with E-state index in [0.29, 0.717) is 12.2 Å². The Kier molecular flexibility index (Phi) is 1.68. The SMILES string of the molecule is CO[C@@]1(C)C[C@@]2(C)C=C[C@@H]1CC2=O. The summed E-state index contributed by atoms with van der Waals surface area (Å²) in [6, 6.07) is 0. The maximum atomic E-state index is 11.7. The molecule has 0 N–H and O–H groups in total. The fourth-order valence-corrected chi connectivity index (χ4v) is 2.58. The fourth-order valence-electron chi connectivity index (χ4n) is 2.58. The smallest absolute Gasteiger partial charge is 0.143 e. The second-order valence-electron chi connectivity index (χ2n) is 4.70. The van der Waals surface area contributed by atoms with Gasteiger partial charge < -0.3 is 4.74 Å². The molecule has 1 fully saturated rings. The van der Waals surface area contributed by atoms with Crippen molar-refractivity contribution in [1.29, 1.82) is 0 Å². The van der Waals surface area contributed by atoms with Crippen LogP contribution in [0.3, 0.4) is 0 Å². The average molecular weight is 180 g/mol. The average Bonchev–Trinajstić information content (AvgIpc) is 2.08. The molecule has 0 radical (unpaired) electrons. The van der Waals surface area contributed by atoms with E-state index in [1.165, 1.54) is 0 Å². The Morgan fingerprint density at radius 1 is 1.54 bits per heavy atom. The van der Waals surface area contributed by atoms with Crippen LogP contribution in [0.1, 0.15) is 26.7 Å². The summed E-state index contributed by atoms with van der Waals surface area (Å²) in [7, 11) is 1.74. The van der Waals surface area contributed by atoms with Crippen molar-refractivity contribution in [1.82, 2.24) is 0 Å². The number of hydrogen-bond donors (Lipinski definition) is 0. The predicted octanol–water partition coefficient (Wildman–Crippen LogP) is 1.95. The quantitative estimate of drug-likeness (QED) is 0.576. The minimum absolute atomic E-state index is 0.128. The van der Waals surface area contributed by atoms with Gasteiger partial charge in [-0.05, 0) is 20.3 Å². The highest BCUT2D eigenvalue weighted by Crippen LogP contribution is 2.49. The molecule has 72 valence electrons. The van der Waals surface area contributed by atoms with E-state index in [-0.39, 0.29) is 16.9 Å². The van der Waals surface area contributed by atoms with Gasteiger partial charge in [-0.25, -0.2) is 0 Å². The van der Waals surface area contributed by atoms with Crippen molar-refractivity contribution < 1.29 is 9.53 Å². The van der Waals surface area contributed by atoms with Gasteiger partial charge in [0.2, 0.25) is 0 Å². The third-order valence-corrected chi connectivity index (χ3v) is 3.71. The second kappa shape index (κ2) is 2.44. The van der Waals surface area contributed by atoms with Crippen LogP contribution in [-0.2, 0) is 9.53 Å². The summed E-state index contributed by atoms with van der Waals surface area (Å²) in [4.78, 5) is 11.7. The molecular weight excluding hydrogens is 164 g/mol. The van der Waals surface area contributed by atoms with Gasteiger partial charge in [-0.1, -0.05) is 12.2 Å². The van der Waals surface area contributed by atoms with Crippen LogP contribution in [0.25, 0.3) is 0 Å². The lowest BCUT2D eigenvalue weighted by Gasteiger charge is -2.49. The first kappa shape index (κ1) is 8.95. The second-order valence-corrected chi connectivity index (χ2v) is 4.70. The third-order valence-electron chi connectivity index (χ3n) is 3.71. The molecule has 13 heavy (non-hydrogen) atoms. The first-order valence-corrected chi connectivity index (χ1v) is 4.78. The Labute approximate surface area is 79.0 Å².